The smallest absolute Gasteiger partial charge is 0.307 e. The summed E-state index contributed by atoms with van der Waals surface area (Å²) in [6.45, 7) is 4.06. The molecule has 2 rings (SSSR count). The molecule has 1 aliphatic carbocycles. The van der Waals surface area contributed by atoms with E-state index in [0.717, 1.165) is 5.56 Å². The highest BCUT2D eigenvalue weighted by molar-refractivity contribution is 5.91. The number of hydrogen-bond donors (Lipinski definition) is 3. The monoisotopic (exact) mass is 277 g/mol. The number of nitrogens with one attached hydrogen (secondary N) is 1. The minimum Gasteiger partial charge on any atom is -0.508 e. The summed E-state index contributed by atoms with van der Waals surface area (Å²) in [5.74, 6) is -1.92. The van der Waals surface area contributed by atoms with E-state index in [4.69, 9.17) is 10.2 Å². The molecule has 0 bridgehead atoms. The number of rotatable bonds is 5. The second-order valence-electron chi connectivity index (χ2n) is 5.82. The molecule has 0 spiro atoms. The van der Waals surface area contributed by atoms with Gasteiger partial charge in [-0.15, -0.1) is 0 Å². The van der Waals surface area contributed by atoms with E-state index in [0.29, 0.717) is 13.0 Å². The van der Waals surface area contributed by atoms with Crippen LogP contribution in [-0.2, 0) is 16.0 Å². The van der Waals surface area contributed by atoms with E-state index in [1.54, 1.807) is 38.1 Å². The van der Waals surface area contributed by atoms with Gasteiger partial charge in [-0.25, -0.2) is 0 Å². The zero-order valence-corrected chi connectivity index (χ0v) is 11.6. The molecule has 0 radical (unpaired) electrons. The topological polar surface area (TPSA) is 86.6 Å². The van der Waals surface area contributed by atoms with Crippen LogP contribution in [0.4, 0.5) is 0 Å². The standard InChI is InChI=1S/C15H19NO4/c1-15(2)11(12(15)14(19)20)13(18)16-8-7-9-3-5-10(17)6-4-9/h3-6,11-12,17H,7-8H2,1-2H3,(H,16,18)(H,19,20). The largest absolute Gasteiger partial charge is 0.508 e. The third-order valence-corrected chi connectivity index (χ3v) is 4.03. The first kappa shape index (κ1) is 14.4. The average molecular weight is 277 g/mol. The Bertz CT molecular complexity index is 521. The zero-order chi connectivity index (χ0) is 14.9. The van der Waals surface area contributed by atoms with Gasteiger partial charge < -0.3 is 15.5 Å². The molecule has 20 heavy (non-hydrogen) atoms. The van der Waals surface area contributed by atoms with Crippen LogP contribution in [0.1, 0.15) is 19.4 Å². The highest BCUT2D eigenvalue weighted by Crippen LogP contribution is 2.58. The van der Waals surface area contributed by atoms with Crippen molar-refractivity contribution in [1.29, 1.82) is 0 Å². The fourth-order valence-electron chi connectivity index (χ4n) is 2.69. The van der Waals surface area contributed by atoms with E-state index in [1.165, 1.54) is 0 Å². The molecule has 0 aliphatic heterocycles. The number of carbonyl (C=O) groups excluding carboxylic acids is 1. The van der Waals surface area contributed by atoms with Gasteiger partial charge in [0, 0.05) is 6.54 Å². The average Bonchev–Trinajstić information content (AvgIpc) is 2.95. The Hall–Kier alpha value is -2.04. The number of phenolic OH excluding ortho intramolecular Hbond substituents is 1. The number of hydrogen-bond acceptors (Lipinski definition) is 3. The van der Waals surface area contributed by atoms with Gasteiger partial charge in [-0.1, -0.05) is 26.0 Å². The number of benzene rings is 1. The lowest BCUT2D eigenvalue weighted by molar-refractivity contribution is -0.140. The van der Waals surface area contributed by atoms with Gasteiger partial charge in [0.05, 0.1) is 11.8 Å². The first-order chi connectivity index (χ1) is 9.34. The molecule has 5 heteroatoms. The fraction of sp³-hybridized carbons (Fsp3) is 0.467. The SMILES string of the molecule is CC1(C)C(C(=O)O)C1C(=O)NCCc1ccc(O)cc1. The number of amides is 1. The van der Waals surface area contributed by atoms with Crippen LogP contribution in [0.5, 0.6) is 5.75 Å². The Kier molecular flexibility index (Phi) is 3.70. The van der Waals surface area contributed by atoms with Crippen LogP contribution in [0.3, 0.4) is 0 Å². The first-order valence-electron chi connectivity index (χ1n) is 6.62. The van der Waals surface area contributed by atoms with Crippen LogP contribution in [0.2, 0.25) is 0 Å². The number of carboxylic acid groups (broad SMARTS) is 1. The van der Waals surface area contributed by atoms with Crippen LogP contribution in [-0.4, -0.2) is 28.6 Å². The highest BCUT2D eigenvalue weighted by atomic mass is 16.4. The number of carbonyl (C=O) groups is 2. The maximum Gasteiger partial charge on any atom is 0.307 e. The lowest BCUT2D eigenvalue weighted by Gasteiger charge is -2.06. The molecule has 1 aromatic carbocycles. The summed E-state index contributed by atoms with van der Waals surface area (Å²) in [5.41, 5.74) is 0.544. The van der Waals surface area contributed by atoms with E-state index < -0.39 is 23.2 Å². The summed E-state index contributed by atoms with van der Waals surface area (Å²) in [5, 5.41) is 21.0. The molecule has 3 N–H and O–H groups in total. The van der Waals surface area contributed by atoms with Gasteiger partial charge in [-0.3, -0.25) is 9.59 Å². The molecular weight excluding hydrogens is 258 g/mol. The van der Waals surface area contributed by atoms with Crippen LogP contribution in [0.25, 0.3) is 0 Å². The van der Waals surface area contributed by atoms with Gasteiger partial charge in [0.15, 0.2) is 0 Å². The molecule has 0 saturated heterocycles. The number of aliphatic carboxylic acids is 1. The number of carboxylic acids is 1. The maximum atomic E-state index is 12.0. The van der Waals surface area contributed by atoms with E-state index >= 15 is 0 Å². The maximum absolute atomic E-state index is 12.0. The number of aromatic hydroxyl groups is 1. The molecule has 2 atom stereocenters. The normalized spacial score (nSPS) is 23.1. The van der Waals surface area contributed by atoms with Crippen LogP contribution >= 0.6 is 0 Å². The molecule has 5 nitrogen and oxygen atoms in total. The Balaban J connectivity index is 1.82. The predicted octanol–water partition coefficient (Wildman–Crippen LogP) is 1.41. The summed E-state index contributed by atoms with van der Waals surface area (Å²) in [7, 11) is 0. The van der Waals surface area contributed by atoms with Crippen molar-refractivity contribution in [2.45, 2.75) is 20.3 Å². The second kappa shape index (κ2) is 5.15. The molecule has 1 aromatic rings. The fourth-order valence-corrected chi connectivity index (χ4v) is 2.69. The predicted molar refractivity (Wildman–Crippen MR) is 73.2 cm³/mol. The van der Waals surface area contributed by atoms with Gasteiger partial charge in [0.2, 0.25) is 5.91 Å². The van der Waals surface area contributed by atoms with Crippen molar-refractivity contribution in [3.05, 3.63) is 29.8 Å². The molecular formula is C15H19NO4. The molecule has 1 fully saturated rings. The van der Waals surface area contributed by atoms with Gasteiger partial charge in [-0.05, 0) is 29.5 Å². The lowest BCUT2D eigenvalue weighted by Crippen LogP contribution is -2.29. The Morgan fingerprint density at radius 3 is 2.30 bits per heavy atom. The van der Waals surface area contributed by atoms with Crippen molar-refractivity contribution in [2.24, 2.45) is 17.3 Å². The van der Waals surface area contributed by atoms with Gasteiger partial charge in [0.25, 0.3) is 0 Å². The molecule has 0 heterocycles. The van der Waals surface area contributed by atoms with Gasteiger partial charge in [-0.2, -0.15) is 0 Å². The summed E-state index contributed by atoms with van der Waals surface area (Å²) in [6, 6.07) is 6.79. The molecule has 1 aliphatic rings. The quantitative estimate of drug-likeness (QED) is 0.759. The summed E-state index contributed by atoms with van der Waals surface area (Å²) in [6.07, 6.45) is 0.650. The van der Waals surface area contributed by atoms with Crippen LogP contribution < -0.4 is 5.32 Å². The van der Waals surface area contributed by atoms with Gasteiger partial charge in [0.1, 0.15) is 5.75 Å². The molecule has 108 valence electrons. The van der Waals surface area contributed by atoms with E-state index in [9.17, 15) is 9.59 Å². The van der Waals surface area contributed by atoms with Gasteiger partial charge >= 0.3 is 5.97 Å². The van der Waals surface area contributed by atoms with Crippen molar-refractivity contribution in [2.75, 3.05) is 6.54 Å². The highest BCUT2D eigenvalue weighted by Gasteiger charge is 2.65. The third-order valence-electron chi connectivity index (χ3n) is 4.03. The third kappa shape index (κ3) is 2.76. The van der Waals surface area contributed by atoms with E-state index in [1.807, 2.05) is 0 Å². The second-order valence-corrected chi connectivity index (χ2v) is 5.82. The van der Waals surface area contributed by atoms with E-state index in [-0.39, 0.29) is 11.7 Å². The van der Waals surface area contributed by atoms with Crippen molar-refractivity contribution in [3.63, 3.8) is 0 Å². The van der Waals surface area contributed by atoms with Crippen molar-refractivity contribution < 1.29 is 19.8 Å². The summed E-state index contributed by atoms with van der Waals surface area (Å²) >= 11 is 0. The van der Waals surface area contributed by atoms with Crippen molar-refractivity contribution in [3.8, 4) is 5.75 Å². The Morgan fingerprint density at radius 1 is 1.20 bits per heavy atom. The van der Waals surface area contributed by atoms with E-state index in [2.05, 4.69) is 5.32 Å². The summed E-state index contributed by atoms with van der Waals surface area (Å²) in [4.78, 5) is 23.0. The molecule has 1 saturated carbocycles. The van der Waals surface area contributed by atoms with Crippen LogP contribution in [0.15, 0.2) is 24.3 Å². The van der Waals surface area contributed by atoms with Crippen LogP contribution in [0, 0.1) is 17.3 Å². The molecule has 1 amide bonds. The lowest BCUT2D eigenvalue weighted by atomic mass is 10.1. The summed E-state index contributed by atoms with van der Waals surface area (Å²) < 4.78 is 0. The van der Waals surface area contributed by atoms with Crippen molar-refractivity contribution >= 4 is 11.9 Å². The first-order valence-corrected chi connectivity index (χ1v) is 6.62. The minimum absolute atomic E-state index is 0.193. The molecule has 0 aromatic heterocycles. The number of phenols is 1. The van der Waals surface area contributed by atoms with Crippen molar-refractivity contribution in [1.82, 2.24) is 5.32 Å². The Labute approximate surface area is 117 Å². The zero-order valence-electron chi connectivity index (χ0n) is 11.6. The molecule has 2 unspecified atom stereocenters. The minimum atomic E-state index is -0.909. The Morgan fingerprint density at radius 2 is 1.80 bits per heavy atom.